The lowest BCUT2D eigenvalue weighted by Crippen LogP contribution is -2.37. The molecule has 374 valence electrons. The number of carbonyl (C=O) groups excluding carboxylic acids is 1. The van der Waals surface area contributed by atoms with Gasteiger partial charge in [-0.1, -0.05) is 195 Å². The fraction of sp³-hybridized carbons (Fsp3) is 0.696. The first-order valence-electron chi connectivity index (χ1n) is 26.0. The molecule has 0 aliphatic carbocycles. The van der Waals surface area contributed by atoms with Crippen LogP contribution in [0, 0.1) is 0 Å². The highest BCUT2D eigenvalue weighted by atomic mass is 31.2. The molecule has 0 saturated carbocycles. The molecule has 0 rings (SSSR count). The van der Waals surface area contributed by atoms with Gasteiger partial charge in [-0.05, 0) is 89.9 Å². The second-order valence-electron chi connectivity index (χ2n) is 18.1. The van der Waals surface area contributed by atoms with Crippen molar-refractivity contribution in [1.29, 1.82) is 0 Å². The number of hydrogen-bond acceptors (Lipinski definition) is 6. The number of phosphoric acid groups is 1. The van der Waals surface area contributed by atoms with Crippen molar-refractivity contribution in [3.63, 3.8) is 0 Å². The van der Waals surface area contributed by atoms with Crippen LogP contribution < -0.4 is 0 Å². The molecule has 0 bridgehead atoms. The van der Waals surface area contributed by atoms with Crippen LogP contribution in [0.5, 0.6) is 0 Å². The van der Waals surface area contributed by atoms with Gasteiger partial charge in [-0.25, -0.2) is 4.57 Å². The molecule has 0 amide bonds. The molecule has 8 nitrogen and oxygen atoms in total. The highest BCUT2D eigenvalue weighted by molar-refractivity contribution is 7.47. The third-order valence-electron chi connectivity index (χ3n) is 10.6. The van der Waals surface area contributed by atoms with Crippen LogP contribution in [-0.4, -0.2) is 75.6 Å². The average molecular weight is 929 g/mol. The summed E-state index contributed by atoms with van der Waals surface area (Å²) in [7, 11) is 1.64. The minimum Gasteiger partial charge on any atom is -0.457 e. The molecule has 0 saturated heterocycles. The topological polar surface area (TPSA) is 91.3 Å². The maximum Gasteiger partial charge on any atom is 0.472 e. The fourth-order valence-corrected chi connectivity index (χ4v) is 7.45. The summed E-state index contributed by atoms with van der Waals surface area (Å²) in [5.74, 6) is -0.326. The minimum absolute atomic E-state index is 0.0805. The Morgan fingerprint density at radius 1 is 0.477 bits per heavy atom. The summed E-state index contributed by atoms with van der Waals surface area (Å²) < 4.78 is 35.2. The molecule has 0 heterocycles. The van der Waals surface area contributed by atoms with Gasteiger partial charge in [0.1, 0.15) is 19.3 Å². The summed E-state index contributed by atoms with van der Waals surface area (Å²) in [5, 5.41) is 0. The molecule has 65 heavy (non-hydrogen) atoms. The van der Waals surface area contributed by atoms with Crippen LogP contribution in [0.1, 0.15) is 194 Å². The summed E-state index contributed by atoms with van der Waals surface area (Å²) >= 11 is 0. The van der Waals surface area contributed by atoms with Gasteiger partial charge in [-0.2, -0.15) is 0 Å². The minimum atomic E-state index is -4.29. The lowest BCUT2D eigenvalue weighted by molar-refractivity contribution is -0.870. The zero-order valence-corrected chi connectivity index (χ0v) is 43.3. The molecule has 0 aliphatic heterocycles. The van der Waals surface area contributed by atoms with Crippen LogP contribution >= 0.6 is 7.82 Å². The Hall–Kier alpha value is -2.58. The molecule has 1 N–H and O–H groups in total. The maximum atomic E-state index is 12.8. The maximum absolute atomic E-state index is 12.8. The molecule has 0 aliphatic rings. The molecular weight excluding hydrogens is 830 g/mol. The Balaban J connectivity index is 4.17. The van der Waals surface area contributed by atoms with Crippen molar-refractivity contribution in [2.24, 2.45) is 0 Å². The van der Waals surface area contributed by atoms with Crippen LogP contribution in [0.4, 0.5) is 0 Å². The van der Waals surface area contributed by atoms with E-state index >= 15 is 0 Å². The number of likely N-dealkylation sites (N-methyl/N-ethyl adjacent to an activating group) is 1. The van der Waals surface area contributed by atoms with E-state index in [1.807, 2.05) is 21.1 Å². The Labute approximate surface area is 400 Å². The molecule has 0 radical (unpaired) electrons. The van der Waals surface area contributed by atoms with Gasteiger partial charge in [0.15, 0.2) is 0 Å². The van der Waals surface area contributed by atoms with E-state index in [9.17, 15) is 14.3 Å². The summed E-state index contributed by atoms with van der Waals surface area (Å²) in [5.41, 5.74) is 0. The van der Waals surface area contributed by atoms with Crippen molar-refractivity contribution in [2.45, 2.75) is 200 Å². The number of esters is 1. The molecule has 2 atom stereocenters. The van der Waals surface area contributed by atoms with Gasteiger partial charge >= 0.3 is 13.8 Å². The summed E-state index contributed by atoms with van der Waals surface area (Å²) in [6, 6.07) is 0. The molecule has 0 spiro atoms. The van der Waals surface area contributed by atoms with Crippen molar-refractivity contribution < 1.29 is 37.3 Å². The largest absolute Gasteiger partial charge is 0.472 e. The fourth-order valence-electron chi connectivity index (χ4n) is 6.71. The normalized spacial score (nSPS) is 14.4. The number of quaternary nitrogens is 1. The smallest absolute Gasteiger partial charge is 0.457 e. The van der Waals surface area contributed by atoms with Gasteiger partial charge in [0.05, 0.1) is 34.4 Å². The zero-order valence-electron chi connectivity index (χ0n) is 42.4. The Kier molecular flexibility index (Phi) is 46.0. The van der Waals surface area contributed by atoms with Crippen LogP contribution in [0.25, 0.3) is 0 Å². The van der Waals surface area contributed by atoms with Crippen molar-refractivity contribution >= 4 is 13.8 Å². The van der Waals surface area contributed by atoms with Crippen LogP contribution in [0.2, 0.25) is 0 Å². The van der Waals surface area contributed by atoms with E-state index in [1.165, 1.54) is 77.0 Å². The molecular formula is C56H99NO7P+. The van der Waals surface area contributed by atoms with Crippen molar-refractivity contribution in [3.8, 4) is 0 Å². The molecule has 9 heteroatoms. The van der Waals surface area contributed by atoms with Crippen molar-refractivity contribution in [2.75, 3.05) is 54.1 Å². The van der Waals surface area contributed by atoms with E-state index in [0.717, 1.165) is 96.3 Å². The van der Waals surface area contributed by atoms with E-state index in [4.69, 9.17) is 18.5 Å². The molecule has 0 aromatic rings. The SMILES string of the molecule is CC/C=C\C/C=C\C/C=C\C/C=C\C/C=C\CCCCCCCCCCCC(=O)OC(COCCCCCCCCCC/C=C\C/C=C\C/C=C\CC)COP(=O)(O)OCC[N+](C)(C)C. The van der Waals surface area contributed by atoms with E-state index in [2.05, 4.69) is 111 Å². The highest BCUT2D eigenvalue weighted by Crippen LogP contribution is 2.43. The molecule has 0 fully saturated rings. The van der Waals surface area contributed by atoms with E-state index in [1.54, 1.807) is 0 Å². The number of hydrogen-bond donors (Lipinski definition) is 1. The lowest BCUT2D eigenvalue weighted by Gasteiger charge is -2.24. The van der Waals surface area contributed by atoms with E-state index in [-0.39, 0.29) is 25.8 Å². The highest BCUT2D eigenvalue weighted by Gasteiger charge is 2.26. The number of rotatable bonds is 47. The zero-order chi connectivity index (χ0) is 47.6. The quantitative estimate of drug-likeness (QED) is 0.0214. The molecule has 2 unspecified atom stereocenters. The monoisotopic (exact) mass is 929 g/mol. The standard InChI is InChI=1S/C56H98NO7P/c1-6-8-10-12-14-16-18-20-22-24-26-27-28-29-30-31-32-33-35-37-39-41-43-45-47-49-56(58)64-55(54-63-65(59,60)62-52-50-57(3,4)5)53-61-51-48-46-44-42-40-38-36-34-25-23-21-19-17-15-13-11-9-7-2/h8-11,14-17,20-23,26-27,29-30,55H,6-7,12-13,18-19,24-25,28,31-54H2,1-5H3/p+1/b10-8-,11-9-,16-14-,17-15-,22-20-,23-21-,27-26-,30-29-. The summed E-state index contributed by atoms with van der Waals surface area (Å²) in [4.78, 5) is 23.0. The molecule has 0 aromatic heterocycles. The number of allylic oxidation sites excluding steroid dienone is 16. The first-order valence-corrected chi connectivity index (χ1v) is 27.5. The second-order valence-corrected chi connectivity index (χ2v) is 19.6. The summed E-state index contributed by atoms with van der Waals surface area (Å²) in [6.07, 6.45) is 65.9. The van der Waals surface area contributed by atoms with Crippen LogP contribution in [0.15, 0.2) is 97.2 Å². The Morgan fingerprint density at radius 2 is 0.846 bits per heavy atom. The van der Waals surface area contributed by atoms with Gasteiger partial charge in [0.25, 0.3) is 0 Å². The number of ether oxygens (including phenoxy) is 2. The van der Waals surface area contributed by atoms with Crippen LogP contribution in [0.3, 0.4) is 0 Å². The second kappa shape index (κ2) is 47.9. The van der Waals surface area contributed by atoms with Gasteiger partial charge < -0.3 is 18.9 Å². The Morgan fingerprint density at radius 3 is 1.26 bits per heavy atom. The first-order chi connectivity index (χ1) is 31.6. The van der Waals surface area contributed by atoms with Crippen molar-refractivity contribution in [1.82, 2.24) is 0 Å². The molecule has 0 aromatic carbocycles. The third kappa shape index (κ3) is 52.3. The first kappa shape index (κ1) is 62.4. The van der Waals surface area contributed by atoms with Crippen LogP contribution in [-0.2, 0) is 27.9 Å². The number of carbonyl (C=O) groups is 1. The number of unbranched alkanes of at least 4 members (excludes halogenated alkanes) is 17. The predicted octanol–water partition coefficient (Wildman–Crippen LogP) is 16.2. The average Bonchev–Trinajstić information content (AvgIpc) is 3.27. The van der Waals surface area contributed by atoms with Gasteiger partial charge in [0, 0.05) is 13.0 Å². The van der Waals surface area contributed by atoms with Gasteiger partial charge in [-0.3, -0.25) is 13.8 Å². The van der Waals surface area contributed by atoms with Gasteiger partial charge in [0.2, 0.25) is 0 Å². The number of phosphoric ester groups is 1. The summed E-state index contributed by atoms with van der Waals surface area (Å²) in [6.45, 7) is 5.37. The predicted molar refractivity (Wildman–Crippen MR) is 279 cm³/mol. The number of nitrogens with zero attached hydrogens (tertiary/aromatic N) is 1. The Bertz CT molecular complexity index is 1360. The lowest BCUT2D eigenvalue weighted by atomic mass is 10.1. The van der Waals surface area contributed by atoms with E-state index < -0.39 is 13.9 Å². The van der Waals surface area contributed by atoms with E-state index in [0.29, 0.717) is 24.1 Å². The van der Waals surface area contributed by atoms with Gasteiger partial charge in [-0.15, -0.1) is 0 Å². The third-order valence-corrected chi connectivity index (χ3v) is 11.6. The van der Waals surface area contributed by atoms with Crippen molar-refractivity contribution in [3.05, 3.63) is 97.2 Å².